The van der Waals surface area contributed by atoms with Gasteiger partial charge in [-0.05, 0) is 36.8 Å². The molecule has 0 unspecified atom stereocenters. The Morgan fingerprint density at radius 2 is 1.65 bits per heavy atom. The van der Waals surface area contributed by atoms with Crippen LogP contribution in [0.25, 0.3) is 0 Å². The van der Waals surface area contributed by atoms with E-state index in [-0.39, 0.29) is 31.3 Å². The van der Waals surface area contributed by atoms with Gasteiger partial charge in [-0.15, -0.1) is 0 Å². The van der Waals surface area contributed by atoms with Crippen LogP contribution >= 0.6 is 0 Å². The van der Waals surface area contributed by atoms with E-state index in [9.17, 15) is 14.4 Å². The van der Waals surface area contributed by atoms with Crippen molar-refractivity contribution < 1.29 is 19.1 Å². The summed E-state index contributed by atoms with van der Waals surface area (Å²) in [5, 5.41) is 0. The van der Waals surface area contributed by atoms with Crippen molar-refractivity contribution in [3.63, 3.8) is 0 Å². The maximum Gasteiger partial charge on any atom is 0.260 e. The fourth-order valence-electron chi connectivity index (χ4n) is 2.36. The van der Waals surface area contributed by atoms with Crippen LogP contribution in [-0.4, -0.2) is 35.6 Å². The molecule has 0 atom stereocenters. The summed E-state index contributed by atoms with van der Waals surface area (Å²) >= 11 is 0. The number of Topliss-reactive ketones (excluding diaryl/α,β-unsaturated/α-hetero) is 1. The summed E-state index contributed by atoms with van der Waals surface area (Å²) < 4.78 is 5.51. The lowest BCUT2D eigenvalue weighted by molar-refractivity contribution is -0.134. The molecule has 0 aromatic heterocycles. The molecule has 0 aliphatic rings. The number of nitrogens with zero attached hydrogens (tertiary/aromatic N) is 1. The number of rotatable bonds is 9. The first-order chi connectivity index (χ1) is 12.5. The van der Waals surface area contributed by atoms with Crippen molar-refractivity contribution in [3.8, 4) is 5.75 Å². The molecule has 0 aliphatic carbocycles. The van der Waals surface area contributed by atoms with Crippen LogP contribution in [0.2, 0.25) is 0 Å². The van der Waals surface area contributed by atoms with E-state index in [4.69, 9.17) is 10.5 Å². The summed E-state index contributed by atoms with van der Waals surface area (Å²) in [7, 11) is 0. The lowest BCUT2D eigenvalue weighted by atomic mass is 10.1. The van der Waals surface area contributed by atoms with Crippen molar-refractivity contribution in [1.82, 2.24) is 4.90 Å². The number of hydrogen-bond acceptors (Lipinski definition) is 4. The predicted molar refractivity (Wildman–Crippen MR) is 97.6 cm³/mol. The minimum Gasteiger partial charge on any atom is -0.484 e. The highest BCUT2D eigenvalue weighted by molar-refractivity contribution is 5.94. The van der Waals surface area contributed by atoms with E-state index in [0.717, 1.165) is 5.56 Å². The number of carbonyl (C=O) groups excluding carboxylic acids is 3. The molecule has 6 nitrogen and oxygen atoms in total. The molecule has 2 aromatic carbocycles. The van der Waals surface area contributed by atoms with E-state index in [1.54, 1.807) is 29.2 Å². The van der Waals surface area contributed by atoms with Crippen LogP contribution in [0.5, 0.6) is 5.75 Å². The van der Waals surface area contributed by atoms with Gasteiger partial charge >= 0.3 is 0 Å². The van der Waals surface area contributed by atoms with Crippen LogP contribution in [0, 0.1) is 0 Å². The highest BCUT2D eigenvalue weighted by Crippen LogP contribution is 2.13. The first-order valence-corrected chi connectivity index (χ1v) is 8.29. The Hall–Kier alpha value is -3.15. The number of benzene rings is 2. The van der Waals surface area contributed by atoms with Crippen molar-refractivity contribution in [2.45, 2.75) is 19.9 Å². The van der Waals surface area contributed by atoms with E-state index in [1.165, 1.54) is 6.92 Å². The molecular formula is C20H22N2O4. The number of ketones is 1. The van der Waals surface area contributed by atoms with Crippen molar-refractivity contribution in [2.24, 2.45) is 5.73 Å². The van der Waals surface area contributed by atoms with Gasteiger partial charge < -0.3 is 15.4 Å². The van der Waals surface area contributed by atoms with Gasteiger partial charge in [0.25, 0.3) is 5.91 Å². The molecule has 26 heavy (non-hydrogen) atoms. The van der Waals surface area contributed by atoms with Gasteiger partial charge in [-0.1, -0.05) is 30.3 Å². The number of hydrogen-bond donors (Lipinski definition) is 1. The third-order valence-electron chi connectivity index (χ3n) is 3.82. The molecule has 2 amide bonds. The van der Waals surface area contributed by atoms with Gasteiger partial charge in [0.2, 0.25) is 5.91 Å². The molecule has 2 N–H and O–H groups in total. The van der Waals surface area contributed by atoms with Crippen molar-refractivity contribution >= 4 is 17.6 Å². The lowest BCUT2D eigenvalue weighted by Crippen LogP contribution is -2.36. The van der Waals surface area contributed by atoms with Gasteiger partial charge in [0, 0.05) is 25.1 Å². The highest BCUT2D eigenvalue weighted by atomic mass is 16.5. The smallest absolute Gasteiger partial charge is 0.260 e. The molecule has 0 aliphatic heterocycles. The molecule has 0 saturated heterocycles. The van der Waals surface area contributed by atoms with Crippen LogP contribution in [0.15, 0.2) is 54.6 Å². The van der Waals surface area contributed by atoms with Gasteiger partial charge in [0.15, 0.2) is 12.4 Å². The number of carbonyl (C=O) groups is 3. The molecule has 0 radical (unpaired) electrons. The molecule has 0 spiro atoms. The summed E-state index contributed by atoms with van der Waals surface area (Å²) in [6.07, 6.45) is 0.0892. The lowest BCUT2D eigenvalue weighted by Gasteiger charge is -2.22. The van der Waals surface area contributed by atoms with Gasteiger partial charge in [0.1, 0.15) is 5.75 Å². The summed E-state index contributed by atoms with van der Waals surface area (Å²) in [6, 6.07) is 16.1. The Labute approximate surface area is 152 Å². The summed E-state index contributed by atoms with van der Waals surface area (Å²) in [5.41, 5.74) is 6.74. The number of nitrogens with two attached hydrogens (primary N) is 1. The first-order valence-electron chi connectivity index (χ1n) is 8.29. The number of primary amides is 1. The Bertz CT molecular complexity index is 757. The SMILES string of the molecule is CC(=O)c1ccc(OCC(=O)N(CCC(N)=O)Cc2ccccc2)cc1. The summed E-state index contributed by atoms with van der Waals surface area (Å²) in [4.78, 5) is 36.4. The Kier molecular flexibility index (Phi) is 6.91. The Morgan fingerprint density at radius 3 is 2.23 bits per heavy atom. The standard InChI is InChI=1S/C20H22N2O4/c1-15(23)17-7-9-18(10-8-17)26-14-20(25)22(12-11-19(21)24)13-16-5-3-2-4-6-16/h2-10H,11-14H2,1H3,(H2,21,24). The second kappa shape index (κ2) is 9.36. The maximum atomic E-state index is 12.5. The molecule has 2 rings (SSSR count). The van der Waals surface area contributed by atoms with E-state index in [2.05, 4.69) is 0 Å². The topological polar surface area (TPSA) is 89.7 Å². The number of ether oxygens (including phenoxy) is 1. The average molecular weight is 354 g/mol. The van der Waals surface area contributed by atoms with Crippen molar-refractivity contribution in [2.75, 3.05) is 13.2 Å². The van der Waals surface area contributed by atoms with Crippen LogP contribution < -0.4 is 10.5 Å². The van der Waals surface area contributed by atoms with Gasteiger partial charge in [-0.3, -0.25) is 14.4 Å². The Balaban J connectivity index is 1.98. The van der Waals surface area contributed by atoms with Gasteiger partial charge in [-0.2, -0.15) is 0 Å². The van der Waals surface area contributed by atoms with Crippen molar-refractivity contribution in [1.29, 1.82) is 0 Å². The highest BCUT2D eigenvalue weighted by Gasteiger charge is 2.16. The fourth-order valence-corrected chi connectivity index (χ4v) is 2.36. The van der Waals surface area contributed by atoms with E-state index < -0.39 is 5.91 Å². The molecule has 0 bridgehead atoms. The molecule has 0 fully saturated rings. The monoisotopic (exact) mass is 354 g/mol. The third-order valence-corrected chi connectivity index (χ3v) is 3.82. The minimum absolute atomic E-state index is 0.0342. The normalized spacial score (nSPS) is 10.2. The quantitative estimate of drug-likeness (QED) is 0.699. The zero-order chi connectivity index (χ0) is 18.9. The minimum atomic E-state index is -0.461. The molecule has 0 heterocycles. The van der Waals surface area contributed by atoms with E-state index in [0.29, 0.717) is 17.9 Å². The molecule has 2 aromatic rings. The van der Waals surface area contributed by atoms with Crippen LogP contribution in [-0.2, 0) is 16.1 Å². The molecule has 6 heteroatoms. The molecule has 0 saturated carbocycles. The van der Waals surface area contributed by atoms with Crippen LogP contribution in [0.3, 0.4) is 0 Å². The number of amides is 2. The van der Waals surface area contributed by atoms with Gasteiger partial charge in [-0.25, -0.2) is 0 Å². The molecule has 136 valence electrons. The van der Waals surface area contributed by atoms with E-state index >= 15 is 0 Å². The molecular weight excluding hydrogens is 332 g/mol. The summed E-state index contributed by atoms with van der Waals surface area (Å²) in [6.45, 7) is 1.93. The summed E-state index contributed by atoms with van der Waals surface area (Å²) in [5.74, 6) is -0.242. The van der Waals surface area contributed by atoms with Crippen molar-refractivity contribution in [3.05, 3.63) is 65.7 Å². The van der Waals surface area contributed by atoms with Crippen LogP contribution in [0.1, 0.15) is 29.3 Å². The van der Waals surface area contributed by atoms with Gasteiger partial charge in [0.05, 0.1) is 0 Å². The average Bonchev–Trinajstić information content (AvgIpc) is 2.64. The third kappa shape index (κ3) is 6.05. The Morgan fingerprint density at radius 1 is 1.00 bits per heavy atom. The largest absolute Gasteiger partial charge is 0.484 e. The fraction of sp³-hybridized carbons (Fsp3) is 0.250. The second-order valence-corrected chi connectivity index (χ2v) is 5.89. The maximum absolute atomic E-state index is 12.5. The predicted octanol–water partition coefficient (Wildman–Crippen LogP) is 2.17. The first kappa shape index (κ1) is 19.2. The zero-order valence-corrected chi connectivity index (χ0v) is 14.7. The van der Waals surface area contributed by atoms with E-state index in [1.807, 2.05) is 30.3 Å². The van der Waals surface area contributed by atoms with Crippen LogP contribution in [0.4, 0.5) is 0 Å². The second-order valence-electron chi connectivity index (χ2n) is 5.89. The zero-order valence-electron chi connectivity index (χ0n) is 14.7.